The molecule has 1 aliphatic heterocycles. The lowest BCUT2D eigenvalue weighted by Crippen LogP contribution is -2.40. The minimum atomic E-state index is -4.93. The van der Waals surface area contributed by atoms with Crippen molar-refractivity contribution in [2.24, 2.45) is 0 Å². The third-order valence-corrected chi connectivity index (χ3v) is 2.37. The first-order chi connectivity index (χ1) is 8.30. The molecule has 96 valence electrons. The van der Waals surface area contributed by atoms with Crippen molar-refractivity contribution in [3.8, 4) is 5.75 Å². The first kappa shape index (κ1) is 12.4. The van der Waals surface area contributed by atoms with Crippen molar-refractivity contribution in [3.05, 3.63) is 35.2 Å². The molecule has 1 N–H and O–H groups in total. The van der Waals surface area contributed by atoms with Gasteiger partial charge in [0.1, 0.15) is 0 Å². The van der Waals surface area contributed by atoms with Gasteiger partial charge in [0.25, 0.3) is 0 Å². The maximum atomic E-state index is 13.3. The molecule has 1 atom stereocenters. The second-order valence-electron chi connectivity index (χ2n) is 3.60. The van der Waals surface area contributed by atoms with Crippen LogP contribution in [0.3, 0.4) is 0 Å². The molecule has 0 saturated carbocycles. The number of ether oxygens (including phenoxy) is 1. The Kier molecular flexibility index (Phi) is 2.76. The Labute approximate surface area is 98.3 Å². The van der Waals surface area contributed by atoms with Gasteiger partial charge < -0.3 is 9.84 Å². The van der Waals surface area contributed by atoms with E-state index in [-0.39, 0.29) is 5.56 Å². The molecule has 1 aliphatic rings. The Bertz CT molecular complexity index is 534. The van der Waals surface area contributed by atoms with Gasteiger partial charge in [0.05, 0.1) is 5.57 Å². The third-order valence-electron chi connectivity index (χ3n) is 2.37. The van der Waals surface area contributed by atoms with Gasteiger partial charge in [-0.25, -0.2) is 9.18 Å². The van der Waals surface area contributed by atoms with Crippen LogP contribution in [0.25, 0.3) is 6.08 Å². The summed E-state index contributed by atoms with van der Waals surface area (Å²) >= 11 is 0. The number of hydrogen-bond acceptors (Lipinski definition) is 2. The van der Waals surface area contributed by atoms with Gasteiger partial charge in [0, 0.05) is 5.56 Å². The average Bonchev–Trinajstić information content (AvgIpc) is 2.26. The zero-order valence-electron chi connectivity index (χ0n) is 8.66. The summed E-state index contributed by atoms with van der Waals surface area (Å²) in [7, 11) is 0. The smallest absolute Gasteiger partial charge is 0.430 e. The molecule has 7 heteroatoms. The molecule has 18 heavy (non-hydrogen) atoms. The number of rotatable bonds is 1. The van der Waals surface area contributed by atoms with Crippen LogP contribution in [-0.2, 0) is 4.79 Å². The summed E-state index contributed by atoms with van der Waals surface area (Å²) in [5.41, 5.74) is -1.01. The lowest BCUT2D eigenvalue weighted by molar-refractivity contribution is -0.187. The Morgan fingerprint density at radius 1 is 1.33 bits per heavy atom. The lowest BCUT2D eigenvalue weighted by atomic mass is 10.0. The van der Waals surface area contributed by atoms with Gasteiger partial charge in [-0.2, -0.15) is 13.2 Å². The summed E-state index contributed by atoms with van der Waals surface area (Å²) in [6, 6.07) is 3.46. The van der Waals surface area contributed by atoms with Crippen LogP contribution in [0.15, 0.2) is 23.8 Å². The van der Waals surface area contributed by atoms with Crippen LogP contribution >= 0.6 is 0 Å². The number of benzene rings is 1. The van der Waals surface area contributed by atoms with Gasteiger partial charge in [0.15, 0.2) is 11.6 Å². The molecule has 0 aromatic heterocycles. The molecular weight excluding hydrogens is 256 g/mol. The number of aliphatic carboxylic acids is 1. The zero-order chi connectivity index (χ0) is 13.5. The van der Waals surface area contributed by atoms with Gasteiger partial charge in [-0.3, -0.25) is 0 Å². The van der Waals surface area contributed by atoms with E-state index in [1.54, 1.807) is 0 Å². The first-order valence-corrected chi connectivity index (χ1v) is 4.77. The molecule has 1 aromatic rings. The fraction of sp³-hybridized carbons (Fsp3) is 0.182. The molecule has 0 unspecified atom stereocenters. The van der Waals surface area contributed by atoms with Crippen LogP contribution in [0.1, 0.15) is 5.56 Å². The predicted octanol–water partition coefficient (Wildman–Crippen LogP) is 2.62. The number of carboxylic acids is 1. The largest absolute Gasteiger partial charge is 0.478 e. The van der Waals surface area contributed by atoms with E-state index in [1.807, 2.05) is 0 Å². The molecule has 0 saturated heterocycles. The summed E-state index contributed by atoms with van der Waals surface area (Å²) in [6.07, 6.45) is -6.83. The monoisotopic (exact) mass is 262 g/mol. The van der Waals surface area contributed by atoms with Gasteiger partial charge in [-0.1, -0.05) is 12.1 Å². The number of carbonyl (C=O) groups is 1. The van der Waals surface area contributed by atoms with Crippen molar-refractivity contribution in [2.75, 3.05) is 0 Å². The van der Waals surface area contributed by atoms with Crippen LogP contribution in [0.4, 0.5) is 17.6 Å². The van der Waals surface area contributed by atoms with Crippen molar-refractivity contribution < 1.29 is 32.2 Å². The van der Waals surface area contributed by atoms with Crippen molar-refractivity contribution in [2.45, 2.75) is 12.3 Å². The van der Waals surface area contributed by atoms with Crippen molar-refractivity contribution in [3.63, 3.8) is 0 Å². The Morgan fingerprint density at radius 3 is 2.56 bits per heavy atom. The van der Waals surface area contributed by atoms with E-state index in [0.29, 0.717) is 0 Å². The van der Waals surface area contributed by atoms with E-state index in [4.69, 9.17) is 5.11 Å². The normalized spacial score (nSPS) is 18.7. The number of alkyl halides is 3. The van der Waals surface area contributed by atoms with Crippen LogP contribution in [-0.4, -0.2) is 23.4 Å². The fourth-order valence-electron chi connectivity index (χ4n) is 1.61. The van der Waals surface area contributed by atoms with Gasteiger partial charge >= 0.3 is 12.1 Å². The standard InChI is InChI=1S/C11H6F4O3/c12-7-3-1-2-5-4-6(10(16)17)9(11(13,14)15)18-8(5)7/h1-4,9H,(H,16,17)/t9-/m1/s1. The summed E-state index contributed by atoms with van der Waals surface area (Å²) < 4.78 is 55.6. The minimum Gasteiger partial charge on any atom is -0.478 e. The quantitative estimate of drug-likeness (QED) is 0.791. The van der Waals surface area contributed by atoms with Crippen LogP contribution in [0, 0.1) is 5.82 Å². The van der Waals surface area contributed by atoms with Gasteiger partial charge in [0.2, 0.25) is 6.10 Å². The minimum absolute atomic E-state index is 0.0344. The van der Waals surface area contributed by atoms with Crippen LogP contribution in [0.5, 0.6) is 5.75 Å². The molecular formula is C11H6F4O3. The topological polar surface area (TPSA) is 46.5 Å². The predicted molar refractivity (Wildman–Crippen MR) is 52.5 cm³/mol. The highest BCUT2D eigenvalue weighted by Crippen LogP contribution is 2.38. The van der Waals surface area contributed by atoms with Crippen molar-refractivity contribution in [1.29, 1.82) is 0 Å². The average molecular weight is 262 g/mol. The van der Waals surface area contributed by atoms with E-state index >= 15 is 0 Å². The Balaban J connectivity index is 2.57. The molecule has 3 nitrogen and oxygen atoms in total. The molecule has 0 bridgehead atoms. The number of hydrogen-bond donors (Lipinski definition) is 1. The lowest BCUT2D eigenvalue weighted by Gasteiger charge is -2.27. The molecule has 0 radical (unpaired) electrons. The number of fused-ring (bicyclic) bond motifs is 1. The highest BCUT2D eigenvalue weighted by Gasteiger charge is 2.48. The molecule has 0 spiro atoms. The number of carboxylic acid groups (broad SMARTS) is 1. The Morgan fingerprint density at radius 2 is 2.00 bits per heavy atom. The first-order valence-electron chi connectivity index (χ1n) is 4.77. The van der Waals surface area contributed by atoms with Crippen molar-refractivity contribution in [1.82, 2.24) is 0 Å². The molecule has 1 heterocycles. The number of para-hydroxylation sites is 1. The molecule has 1 aromatic carbocycles. The Hall–Kier alpha value is -2.05. The van der Waals surface area contributed by atoms with E-state index in [1.165, 1.54) is 12.1 Å². The summed E-state index contributed by atoms with van der Waals surface area (Å²) in [4.78, 5) is 10.8. The van der Waals surface area contributed by atoms with E-state index < -0.39 is 35.4 Å². The highest BCUT2D eigenvalue weighted by molar-refractivity contribution is 5.95. The summed E-state index contributed by atoms with van der Waals surface area (Å²) in [5.74, 6) is -3.32. The summed E-state index contributed by atoms with van der Waals surface area (Å²) in [5, 5.41) is 8.72. The molecule has 2 rings (SSSR count). The van der Waals surface area contributed by atoms with E-state index in [2.05, 4.69) is 4.74 Å². The van der Waals surface area contributed by atoms with E-state index in [9.17, 15) is 22.4 Å². The van der Waals surface area contributed by atoms with Crippen LogP contribution < -0.4 is 4.74 Å². The molecule has 0 fully saturated rings. The van der Waals surface area contributed by atoms with Crippen LogP contribution in [0.2, 0.25) is 0 Å². The number of halogens is 4. The third kappa shape index (κ3) is 2.03. The molecule has 0 amide bonds. The molecule has 0 aliphatic carbocycles. The van der Waals surface area contributed by atoms with Gasteiger partial charge in [-0.15, -0.1) is 0 Å². The maximum Gasteiger partial charge on any atom is 0.430 e. The summed E-state index contributed by atoms with van der Waals surface area (Å²) in [6.45, 7) is 0. The zero-order valence-corrected chi connectivity index (χ0v) is 8.66. The van der Waals surface area contributed by atoms with Crippen molar-refractivity contribution >= 4 is 12.0 Å². The maximum absolute atomic E-state index is 13.3. The second-order valence-corrected chi connectivity index (χ2v) is 3.60. The SMILES string of the molecule is O=C(O)C1=Cc2cccc(F)c2O[C@H]1C(F)(F)F. The highest BCUT2D eigenvalue weighted by atomic mass is 19.4. The van der Waals surface area contributed by atoms with Gasteiger partial charge in [-0.05, 0) is 12.1 Å². The fourth-order valence-corrected chi connectivity index (χ4v) is 1.61. The van der Waals surface area contributed by atoms with E-state index in [0.717, 1.165) is 12.1 Å². The second kappa shape index (κ2) is 4.01.